The van der Waals surface area contributed by atoms with E-state index in [1.54, 1.807) is 0 Å². The smallest absolute Gasteiger partial charge is 0.0712 e. The van der Waals surface area contributed by atoms with Crippen LogP contribution in [0, 0.1) is 0 Å². The van der Waals surface area contributed by atoms with Gasteiger partial charge in [-0.15, -0.1) is 0 Å². The third kappa shape index (κ3) is 4.15. The minimum atomic E-state index is -0.536. The van der Waals surface area contributed by atoms with Crippen LogP contribution < -0.4 is 0 Å². The number of rotatable bonds is 5. The van der Waals surface area contributed by atoms with Crippen molar-refractivity contribution >= 4 is 0 Å². The zero-order valence-electron chi connectivity index (χ0n) is 13.0. The second-order valence-electron chi connectivity index (χ2n) is 6.34. The van der Waals surface area contributed by atoms with Crippen LogP contribution in [0.15, 0.2) is 54.9 Å². The Balaban J connectivity index is 1.47. The minimum absolute atomic E-state index is 0.536. The highest BCUT2D eigenvalue weighted by molar-refractivity contribution is 5.17. The van der Waals surface area contributed by atoms with Crippen molar-refractivity contribution in [2.75, 3.05) is 19.6 Å². The number of nitrogens with zero attached hydrogens (tertiary/aromatic N) is 2. The number of aliphatic hydroxyl groups is 1. The first-order valence-electron chi connectivity index (χ1n) is 8.11. The standard InChI is InChI=1S/C19H24N2O/c22-19(15-17-5-2-1-3-6-17)9-13-21(14-10-19)12-8-18-7-4-11-20-16-18/h1-7,11,16,22H,8-10,12-15H2. The lowest BCUT2D eigenvalue weighted by molar-refractivity contribution is -0.0203. The van der Waals surface area contributed by atoms with E-state index in [1.807, 2.05) is 36.7 Å². The third-order valence-corrected chi connectivity index (χ3v) is 4.60. The molecule has 1 fully saturated rings. The van der Waals surface area contributed by atoms with Gasteiger partial charge in [0.15, 0.2) is 0 Å². The maximum absolute atomic E-state index is 10.8. The van der Waals surface area contributed by atoms with Crippen molar-refractivity contribution in [3.63, 3.8) is 0 Å². The monoisotopic (exact) mass is 296 g/mol. The van der Waals surface area contributed by atoms with Crippen molar-refractivity contribution in [1.82, 2.24) is 9.88 Å². The predicted octanol–water partition coefficient (Wildman–Crippen LogP) is 2.69. The van der Waals surface area contributed by atoms with Gasteiger partial charge in [-0.25, -0.2) is 0 Å². The molecule has 3 nitrogen and oxygen atoms in total. The van der Waals surface area contributed by atoms with E-state index in [0.29, 0.717) is 0 Å². The van der Waals surface area contributed by atoms with E-state index < -0.39 is 5.60 Å². The minimum Gasteiger partial charge on any atom is -0.389 e. The molecule has 1 aromatic carbocycles. The first kappa shape index (κ1) is 15.2. The summed E-state index contributed by atoms with van der Waals surface area (Å²) < 4.78 is 0. The molecule has 1 aromatic heterocycles. The van der Waals surface area contributed by atoms with Crippen molar-refractivity contribution in [3.8, 4) is 0 Å². The molecule has 0 radical (unpaired) electrons. The molecule has 0 spiro atoms. The Labute approximate surface area is 132 Å². The van der Waals surface area contributed by atoms with Gasteiger partial charge in [-0.3, -0.25) is 4.98 Å². The average molecular weight is 296 g/mol. The average Bonchev–Trinajstić information content (AvgIpc) is 2.56. The summed E-state index contributed by atoms with van der Waals surface area (Å²) in [6.07, 6.45) is 7.27. The van der Waals surface area contributed by atoms with E-state index in [0.717, 1.165) is 45.3 Å². The molecule has 0 bridgehead atoms. The topological polar surface area (TPSA) is 36.4 Å². The second-order valence-corrected chi connectivity index (χ2v) is 6.34. The number of piperidine rings is 1. The second kappa shape index (κ2) is 7.03. The lowest BCUT2D eigenvalue weighted by Crippen LogP contribution is -2.46. The van der Waals surface area contributed by atoms with Crippen LogP contribution in [0.4, 0.5) is 0 Å². The largest absolute Gasteiger partial charge is 0.389 e. The summed E-state index contributed by atoms with van der Waals surface area (Å²) in [7, 11) is 0. The van der Waals surface area contributed by atoms with Gasteiger partial charge in [0.1, 0.15) is 0 Å². The molecule has 0 aliphatic carbocycles. The van der Waals surface area contributed by atoms with Crippen LogP contribution in [0.3, 0.4) is 0 Å². The maximum atomic E-state index is 10.8. The fourth-order valence-electron chi connectivity index (χ4n) is 3.18. The van der Waals surface area contributed by atoms with Crippen LogP contribution >= 0.6 is 0 Å². The molecule has 1 N–H and O–H groups in total. The number of hydrogen-bond donors (Lipinski definition) is 1. The fraction of sp³-hybridized carbons (Fsp3) is 0.421. The summed E-state index contributed by atoms with van der Waals surface area (Å²) in [5, 5.41) is 10.8. The first-order chi connectivity index (χ1) is 10.7. The lowest BCUT2D eigenvalue weighted by Gasteiger charge is -2.38. The molecular formula is C19H24N2O. The Kier molecular flexibility index (Phi) is 4.86. The quantitative estimate of drug-likeness (QED) is 0.921. The molecule has 0 unspecified atom stereocenters. The number of benzene rings is 1. The molecule has 1 saturated heterocycles. The third-order valence-electron chi connectivity index (χ3n) is 4.60. The zero-order chi connectivity index (χ0) is 15.3. The molecule has 0 amide bonds. The van der Waals surface area contributed by atoms with Crippen LogP contribution in [-0.2, 0) is 12.8 Å². The molecule has 1 aliphatic rings. The molecule has 0 atom stereocenters. The highest BCUT2D eigenvalue weighted by Gasteiger charge is 2.32. The highest BCUT2D eigenvalue weighted by atomic mass is 16.3. The van der Waals surface area contributed by atoms with Gasteiger partial charge in [0, 0.05) is 38.4 Å². The van der Waals surface area contributed by atoms with Crippen molar-refractivity contribution in [1.29, 1.82) is 0 Å². The molecule has 3 heteroatoms. The van der Waals surface area contributed by atoms with Crippen molar-refractivity contribution < 1.29 is 5.11 Å². The lowest BCUT2D eigenvalue weighted by atomic mass is 9.85. The van der Waals surface area contributed by atoms with Crippen molar-refractivity contribution in [3.05, 3.63) is 66.0 Å². The SMILES string of the molecule is OC1(Cc2ccccc2)CCN(CCc2cccnc2)CC1. The van der Waals surface area contributed by atoms with E-state index in [-0.39, 0.29) is 0 Å². The molecule has 116 valence electrons. The number of aromatic nitrogens is 1. The Morgan fingerprint density at radius 1 is 1.00 bits per heavy atom. The Morgan fingerprint density at radius 3 is 2.41 bits per heavy atom. The van der Waals surface area contributed by atoms with Gasteiger partial charge in [-0.1, -0.05) is 36.4 Å². The van der Waals surface area contributed by atoms with Crippen LogP contribution in [-0.4, -0.2) is 40.2 Å². The summed E-state index contributed by atoms with van der Waals surface area (Å²) >= 11 is 0. The number of likely N-dealkylation sites (tertiary alicyclic amines) is 1. The molecule has 0 saturated carbocycles. The maximum Gasteiger partial charge on any atom is 0.0712 e. The Hall–Kier alpha value is -1.71. The van der Waals surface area contributed by atoms with Gasteiger partial charge in [0.2, 0.25) is 0 Å². The first-order valence-corrected chi connectivity index (χ1v) is 8.11. The van der Waals surface area contributed by atoms with E-state index >= 15 is 0 Å². The van der Waals surface area contributed by atoms with Gasteiger partial charge in [-0.05, 0) is 36.5 Å². The van der Waals surface area contributed by atoms with Crippen LogP contribution in [0.1, 0.15) is 24.0 Å². The normalized spacial score (nSPS) is 18.2. The molecule has 22 heavy (non-hydrogen) atoms. The summed E-state index contributed by atoms with van der Waals surface area (Å²) in [4.78, 5) is 6.61. The fourth-order valence-corrected chi connectivity index (χ4v) is 3.18. The number of hydrogen-bond acceptors (Lipinski definition) is 3. The van der Waals surface area contributed by atoms with Gasteiger partial charge in [-0.2, -0.15) is 0 Å². The van der Waals surface area contributed by atoms with E-state index in [4.69, 9.17) is 0 Å². The van der Waals surface area contributed by atoms with Gasteiger partial charge >= 0.3 is 0 Å². The summed E-state index contributed by atoms with van der Waals surface area (Å²) in [5.74, 6) is 0. The van der Waals surface area contributed by atoms with Crippen LogP contribution in [0.25, 0.3) is 0 Å². The van der Waals surface area contributed by atoms with E-state index in [9.17, 15) is 5.11 Å². The predicted molar refractivity (Wildman–Crippen MR) is 88.7 cm³/mol. The van der Waals surface area contributed by atoms with Gasteiger partial charge < -0.3 is 10.0 Å². The van der Waals surface area contributed by atoms with Crippen LogP contribution in [0.2, 0.25) is 0 Å². The summed E-state index contributed by atoms with van der Waals surface area (Å²) in [6, 6.07) is 14.4. The van der Waals surface area contributed by atoms with Gasteiger partial charge in [0.05, 0.1) is 5.60 Å². The summed E-state index contributed by atoms with van der Waals surface area (Å²) in [5.41, 5.74) is 1.98. The van der Waals surface area contributed by atoms with E-state index in [1.165, 1.54) is 11.1 Å². The molecule has 2 aromatic rings. The Morgan fingerprint density at radius 2 is 1.73 bits per heavy atom. The Bertz CT molecular complexity index is 563. The van der Waals surface area contributed by atoms with Gasteiger partial charge in [0.25, 0.3) is 0 Å². The summed E-state index contributed by atoms with van der Waals surface area (Å²) in [6.45, 7) is 3.00. The van der Waals surface area contributed by atoms with Crippen molar-refractivity contribution in [2.24, 2.45) is 0 Å². The number of pyridine rings is 1. The molecule has 2 heterocycles. The molecular weight excluding hydrogens is 272 g/mol. The highest BCUT2D eigenvalue weighted by Crippen LogP contribution is 2.26. The van der Waals surface area contributed by atoms with E-state index in [2.05, 4.69) is 28.1 Å². The molecule has 1 aliphatic heterocycles. The molecule has 3 rings (SSSR count). The van der Waals surface area contributed by atoms with Crippen LogP contribution in [0.5, 0.6) is 0 Å². The van der Waals surface area contributed by atoms with Crippen molar-refractivity contribution in [2.45, 2.75) is 31.3 Å². The zero-order valence-corrected chi connectivity index (χ0v) is 13.0.